The number of carboxylic acids is 1. The average molecular weight is 412 g/mol. The predicted molar refractivity (Wildman–Crippen MR) is 109 cm³/mol. The van der Waals surface area contributed by atoms with Crippen LogP contribution in [0.2, 0.25) is 5.02 Å². The lowest BCUT2D eigenvalue weighted by atomic mass is 10.0. The number of hydrogen-bond acceptors (Lipinski definition) is 5. The minimum Gasteiger partial charge on any atom is -0.478 e. The number of ketones is 1. The number of carboxylic acid groups (broad SMARTS) is 1. The van der Waals surface area contributed by atoms with Crippen LogP contribution in [-0.4, -0.2) is 21.8 Å². The molecular formula is C21H14ClNO4S. The topological polar surface area (TPSA) is 80.4 Å². The van der Waals surface area contributed by atoms with Crippen LogP contribution in [0.3, 0.4) is 0 Å². The molecule has 0 unspecified atom stereocenters. The minimum atomic E-state index is -1.08. The molecule has 1 N–H and O–H groups in total. The first-order chi connectivity index (χ1) is 13.4. The fourth-order valence-corrected chi connectivity index (χ4v) is 4.17. The maximum Gasteiger partial charge on any atom is 0.337 e. The second-order valence-electron chi connectivity index (χ2n) is 6.37. The normalized spacial score (nSPS) is 11.1. The Kier molecular flexibility index (Phi) is 4.75. The van der Waals surface area contributed by atoms with Gasteiger partial charge >= 0.3 is 5.97 Å². The molecule has 4 rings (SSSR count). The number of halogens is 1. The van der Waals surface area contributed by atoms with E-state index >= 15 is 0 Å². The predicted octanol–water partition coefficient (Wildman–Crippen LogP) is 5.64. The average Bonchev–Trinajstić information content (AvgIpc) is 3.26. The second kappa shape index (κ2) is 7.22. The van der Waals surface area contributed by atoms with Crippen LogP contribution in [0.5, 0.6) is 0 Å². The van der Waals surface area contributed by atoms with Crippen LogP contribution in [0.15, 0.2) is 52.3 Å². The van der Waals surface area contributed by atoms with Crippen molar-refractivity contribution in [1.29, 1.82) is 0 Å². The summed E-state index contributed by atoms with van der Waals surface area (Å²) in [6, 6.07) is 12.4. The summed E-state index contributed by atoms with van der Waals surface area (Å²) in [6.07, 6.45) is -0.0997. The third-order valence-corrected chi connectivity index (χ3v) is 5.65. The summed E-state index contributed by atoms with van der Waals surface area (Å²) in [5.74, 6) is -1.46. The highest BCUT2D eigenvalue weighted by Crippen LogP contribution is 2.34. The van der Waals surface area contributed by atoms with Crippen molar-refractivity contribution in [2.45, 2.75) is 13.3 Å². The van der Waals surface area contributed by atoms with E-state index in [9.17, 15) is 14.7 Å². The van der Waals surface area contributed by atoms with Gasteiger partial charge < -0.3 is 9.52 Å². The number of aromatic nitrogens is 1. The number of hydrogen-bond donors (Lipinski definition) is 1. The number of carbonyl (C=O) groups is 2. The molecule has 2 heterocycles. The molecule has 28 heavy (non-hydrogen) atoms. The highest BCUT2D eigenvalue weighted by atomic mass is 35.5. The van der Waals surface area contributed by atoms with E-state index in [-0.39, 0.29) is 23.7 Å². The number of fused-ring (bicyclic) bond motifs is 1. The van der Waals surface area contributed by atoms with E-state index in [1.54, 1.807) is 35.7 Å². The fourth-order valence-electron chi connectivity index (χ4n) is 2.97. The SMILES string of the molecule is Cc1ccc2nc(C(=O)Cc3csc(-c4ccc(Cl)cc4)c3C(=O)O)oc2c1. The van der Waals surface area contributed by atoms with Crippen molar-refractivity contribution in [1.82, 2.24) is 4.98 Å². The number of thiophene rings is 1. The molecule has 0 saturated heterocycles. The third kappa shape index (κ3) is 3.44. The number of nitrogens with zero attached hydrogens (tertiary/aromatic N) is 1. The molecule has 0 amide bonds. The van der Waals surface area contributed by atoms with Gasteiger partial charge in [0.1, 0.15) is 5.52 Å². The second-order valence-corrected chi connectivity index (χ2v) is 7.68. The number of oxazole rings is 1. The molecule has 4 aromatic rings. The fraction of sp³-hybridized carbons (Fsp3) is 0.0952. The molecule has 0 radical (unpaired) electrons. The maximum atomic E-state index is 12.7. The van der Waals surface area contributed by atoms with E-state index in [1.807, 2.05) is 19.1 Å². The van der Waals surface area contributed by atoms with Crippen LogP contribution >= 0.6 is 22.9 Å². The molecule has 2 aromatic carbocycles. The zero-order valence-electron chi connectivity index (χ0n) is 14.7. The van der Waals surface area contributed by atoms with Crippen LogP contribution in [0.25, 0.3) is 21.5 Å². The Morgan fingerprint density at radius 3 is 2.64 bits per heavy atom. The number of carbonyl (C=O) groups excluding carboxylic acids is 1. The first-order valence-electron chi connectivity index (χ1n) is 8.42. The molecule has 5 nitrogen and oxygen atoms in total. The van der Waals surface area contributed by atoms with E-state index in [1.165, 1.54) is 11.3 Å². The molecule has 0 aliphatic heterocycles. The molecule has 140 valence electrons. The Balaban J connectivity index is 1.67. The summed E-state index contributed by atoms with van der Waals surface area (Å²) < 4.78 is 5.57. The van der Waals surface area contributed by atoms with Gasteiger partial charge in [-0.2, -0.15) is 0 Å². The smallest absolute Gasteiger partial charge is 0.337 e. The van der Waals surface area contributed by atoms with Crippen molar-refractivity contribution < 1.29 is 19.1 Å². The number of benzene rings is 2. The Bertz CT molecular complexity index is 1210. The van der Waals surface area contributed by atoms with Crippen LogP contribution in [0.4, 0.5) is 0 Å². The molecule has 0 saturated carbocycles. The lowest BCUT2D eigenvalue weighted by Gasteiger charge is -2.03. The number of Topliss-reactive ketones (excluding diaryl/α,β-unsaturated/α-hetero) is 1. The standard InChI is InChI=1S/C21H14ClNO4S/c1-11-2-7-15-17(8-11)27-20(23-15)16(24)9-13-10-28-19(18(13)21(25)26)12-3-5-14(22)6-4-12/h2-8,10H,9H2,1H3,(H,25,26). The van der Waals surface area contributed by atoms with Crippen molar-refractivity contribution in [2.75, 3.05) is 0 Å². The van der Waals surface area contributed by atoms with Crippen molar-refractivity contribution in [3.63, 3.8) is 0 Å². The van der Waals surface area contributed by atoms with E-state index in [2.05, 4.69) is 4.98 Å². The van der Waals surface area contributed by atoms with E-state index in [0.29, 0.717) is 26.6 Å². The molecule has 0 aliphatic rings. The summed E-state index contributed by atoms with van der Waals surface area (Å²) >= 11 is 7.19. The molecule has 2 aromatic heterocycles. The zero-order valence-corrected chi connectivity index (χ0v) is 16.3. The maximum absolute atomic E-state index is 12.7. The van der Waals surface area contributed by atoms with Crippen molar-refractivity contribution in [3.8, 4) is 10.4 Å². The lowest BCUT2D eigenvalue weighted by Crippen LogP contribution is -2.08. The molecule has 7 heteroatoms. The van der Waals surface area contributed by atoms with Crippen LogP contribution in [0.1, 0.15) is 32.2 Å². The quantitative estimate of drug-likeness (QED) is 0.430. The highest BCUT2D eigenvalue weighted by molar-refractivity contribution is 7.14. The van der Waals surface area contributed by atoms with E-state index < -0.39 is 5.97 Å². The number of aryl methyl sites for hydroxylation is 1. The minimum absolute atomic E-state index is 0.0174. The molecule has 0 bridgehead atoms. The molecular weight excluding hydrogens is 398 g/mol. The van der Waals surface area contributed by atoms with E-state index in [4.69, 9.17) is 16.0 Å². The summed E-state index contributed by atoms with van der Waals surface area (Å²) in [7, 11) is 0. The van der Waals surface area contributed by atoms with Gasteiger partial charge in [-0.3, -0.25) is 4.79 Å². The van der Waals surface area contributed by atoms with Crippen LogP contribution in [-0.2, 0) is 6.42 Å². The Morgan fingerprint density at radius 1 is 1.18 bits per heavy atom. The summed E-state index contributed by atoms with van der Waals surface area (Å²) in [4.78, 5) is 29.4. The molecule has 0 fully saturated rings. The summed E-state index contributed by atoms with van der Waals surface area (Å²) in [5, 5.41) is 12.0. The Hall–Kier alpha value is -2.96. The molecule has 0 atom stereocenters. The van der Waals surface area contributed by atoms with Crippen LogP contribution in [0, 0.1) is 6.92 Å². The first-order valence-corrected chi connectivity index (χ1v) is 9.68. The lowest BCUT2D eigenvalue weighted by molar-refractivity contribution is 0.0697. The van der Waals surface area contributed by atoms with Gasteiger partial charge in [0.15, 0.2) is 5.58 Å². The van der Waals surface area contributed by atoms with Gasteiger partial charge in [-0.15, -0.1) is 11.3 Å². The Morgan fingerprint density at radius 2 is 1.93 bits per heavy atom. The number of aromatic carboxylic acids is 1. The van der Waals surface area contributed by atoms with Gasteiger partial charge in [-0.25, -0.2) is 9.78 Å². The summed E-state index contributed by atoms with van der Waals surface area (Å²) in [6.45, 7) is 1.92. The van der Waals surface area contributed by atoms with Crippen LogP contribution < -0.4 is 0 Å². The largest absolute Gasteiger partial charge is 0.478 e. The van der Waals surface area contributed by atoms with Gasteiger partial charge in [0.05, 0.1) is 5.56 Å². The van der Waals surface area contributed by atoms with Gasteiger partial charge in [0.2, 0.25) is 5.78 Å². The van der Waals surface area contributed by atoms with Gasteiger partial charge in [0.25, 0.3) is 5.89 Å². The van der Waals surface area contributed by atoms with Gasteiger partial charge in [0, 0.05) is 16.3 Å². The molecule has 0 spiro atoms. The highest BCUT2D eigenvalue weighted by Gasteiger charge is 2.23. The third-order valence-electron chi connectivity index (χ3n) is 4.32. The zero-order chi connectivity index (χ0) is 19.8. The van der Waals surface area contributed by atoms with Gasteiger partial charge in [-0.05, 0) is 53.3 Å². The first kappa shape index (κ1) is 18.4. The van der Waals surface area contributed by atoms with Gasteiger partial charge in [-0.1, -0.05) is 29.8 Å². The van der Waals surface area contributed by atoms with E-state index in [0.717, 1.165) is 11.1 Å². The van der Waals surface area contributed by atoms with Crippen molar-refractivity contribution >= 4 is 45.8 Å². The summed E-state index contributed by atoms with van der Waals surface area (Å²) in [5.41, 5.74) is 3.43. The molecule has 0 aliphatic carbocycles. The number of rotatable bonds is 5. The van der Waals surface area contributed by atoms with Crippen molar-refractivity contribution in [3.05, 3.63) is 75.4 Å². The van der Waals surface area contributed by atoms with Crippen molar-refractivity contribution in [2.24, 2.45) is 0 Å². The monoisotopic (exact) mass is 411 g/mol. The Labute approximate surface area is 169 Å².